The molecule has 4 aromatic rings. The SMILES string of the molecule is Cc1cc(C(C)Nc2ccc(Cl)nc2C)c2oc(-c3cccc(=O)[nH]3)c(C)c(=O)c2c1. The van der Waals surface area contributed by atoms with Crippen LogP contribution in [0.25, 0.3) is 22.4 Å². The molecule has 0 amide bonds. The average Bonchev–Trinajstić information content (AvgIpc) is 2.72. The molecule has 0 aliphatic rings. The second-order valence-corrected chi connectivity index (χ2v) is 8.07. The number of nitrogens with one attached hydrogen (secondary N) is 2. The van der Waals surface area contributed by atoms with Gasteiger partial charge in [0, 0.05) is 17.2 Å². The Morgan fingerprint density at radius 2 is 1.87 bits per heavy atom. The molecule has 1 unspecified atom stereocenters. The summed E-state index contributed by atoms with van der Waals surface area (Å²) in [7, 11) is 0. The van der Waals surface area contributed by atoms with E-state index in [2.05, 4.69) is 15.3 Å². The van der Waals surface area contributed by atoms with Crippen molar-refractivity contribution in [2.75, 3.05) is 5.32 Å². The molecular weight excluding hydrogens is 414 g/mol. The van der Waals surface area contributed by atoms with Gasteiger partial charge < -0.3 is 14.7 Å². The molecule has 1 aromatic carbocycles. The highest BCUT2D eigenvalue weighted by molar-refractivity contribution is 6.29. The Morgan fingerprint density at radius 1 is 1.10 bits per heavy atom. The molecule has 31 heavy (non-hydrogen) atoms. The van der Waals surface area contributed by atoms with E-state index in [9.17, 15) is 9.59 Å². The summed E-state index contributed by atoms with van der Waals surface area (Å²) >= 11 is 5.97. The normalized spacial score (nSPS) is 12.2. The number of benzene rings is 1. The average molecular weight is 436 g/mol. The lowest BCUT2D eigenvalue weighted by atomic mass is 9.99. The Bertz CT molecular complexity index is 1420. The van der Waals surface area contributed by atoms with Gasteiger partial charge in [-0.1, -0.05) is 23.7 Å². The van der Waals surface area contributed by atoms with E-state index >= 15 is 0 Å². The third-order valence-corrected chi connectivity index (χ3v) is 5.51. The van der Waals surface area contributed by atoms with Crippen molar-refractivity contribution in [2.24, 2.45) is 0 Å². The van der Waals surface area contributed by atoms with Crippen LogP contribution in [0.4, 0.5) is 5.69 Å². The van der Waals surface area contributed by atoms with E-state index in [1.165, 1.54) is 6.07 Å². The van der Waals surface area contributed by atoms with Crippen LogP contribution in [0.15, 0.2) is 56.5 Å². The van der Waals surface area contributed by atoms with Crippen molar-refractivity contribution in [3.8, 4) is 11.5 Å². The fraction of sp³-hybridized carbons (Fsp3) is 0.208. The number of aryl methyl sites for hydroxylation is 2. The van der Waals surface area contributed by atoms with Gasteiger partial charge >= 0.3 is 0 Å². The highest BCUT2D eigenvalue weighted by atomic mass is 35.5. The molecule has 158 valence electrons. The maximum Gasteiger partial charge on any atom is 0.248 e. The summed E-state index contributed by atoms with van der Waals surface area (Å²) in [6, 6.07) is 12.0. The van der Waals surface area contributed by atoms with Crippen molar-refractivity contribution in [3.05, 3.63) is 90.6 Å². The molecular formula is C24H22ClN3O3. The smallest absolute Gasteiger partial charge is 0.248 e. The minimum Gasteiger partial charge on any atom is -0.454 e. The summed E-state index contributed by atoms with van der Waals surface area (Å²) in [5, 5.41) is 4.37. The summed E-state index contributed by atoms with van der Waals surface area (Å²) in [4.78, 5) is 32.0. The molecule has 0 fully saturated rings. The zero-order valence-electron chi connectivity index (χ0n) is 17.7. The van der Waals surface area contributed by atoms with Crippen molar-refractivity contribution in [1.29, 1.82) is 0 Å². The van der Waals surface area contributed by atoms with E-state index in [4.69, 9.17) is 16.0 Å². The number of halogens is 1. The van der Waals surface area contributed by atoms with Crippen LogP contribution in [0.3, 0.4) is 0 Å². The van der Waals surface area contributed by atoms with Gasteiger partial charge in [0.2, 0.25) is 5.56 Å². The minimum atomic E-state index is -0.260. The third kappa shape index (κ3) is 3.99. The molecule has 4 rings (SSSR count). The topological polar surface area (TPSA) is 88.0 Å². The number of pyridine rings is 2. The highest BCUT2D eigenvalue weighted by Gasteiger charge is 2.19. The van der Waals surface area contributed by atoms with E-state index < -0.39 is 0 Å². The van der Waals surface area contributed by atoms with E-state index in [0.717, 1.165) is 22.5 Å². The molecule has 2 N–H and O–H groups in total. The van der Waals surface area contributed by atoms with E-state index in [1.807, 2.05) is 39.0 Å². The number of anilines is 1. The maximum atomic E-state index is 13.2. The van der Waals surface area contributed by atoms with Crippen molar-refractivity contribution in [1.82, 2.24) is 9.97 Å². The summed E-state index contributed by atoms with van der Waals surface area (Å²) < 4.78 is 6.26. The van der Waals surface area contributed by atoms with E-state index in [-0.39, 0.29) is 17.0 Å². The lowest BCUT2D eigenvalue weighted by Gasteiger charge is -2.19. The molecule has 6 nitrogen and oxygen atoms in total. The van der Waals surface area contributed by atoms with Crippen LogP contribution in [0.5, 0.6) is 0 Å². The number of aromatic amines is 1. The minimum absolute atomic E-state index is 0.123. The number of aromatic nitrogens is 2. The van der Waals surface area contributed by atoms with Crippen LogP contribution < -0.4 is 16.3 Å². The quantitative estimate of drug-likeness (QED) is 0.425. The van der Waals surface area contributed by atoms with Crippen molar-refractivity contribution in [3.63, 3.8) is 0 Å². The Balaban J connectivity index is 1.90. The molecule has 0 aliphatic carbocycles. The lowest BCUT2D eigenvalue weighted by Crippen LogP contribution is -2.14. The fourth-order valence-corrected chi connectivity index (χ4v) is 3.91. The van der Waals surface area contributed by atoms with E-state index in [1.54, 1.807) is 25.1 Å². The molecule has 0 saturated heterocycles. The predicted octanol–water partition coefficient (Wildman–Crippen LogP) is 5.30. The zero-order chi connectivity index (χ0) is 22.3. The van der Waals surface area contributed by atoms with Crippen LogP contribution in [-0.4, -0.2) is 9.97 Å². The molecule has 0 bridgehead atoms. The maximum absolute atomic E-state index is 13.2. The summed E-state index contributed by atoms with van der Waals surface area (Å²) in [5.41, 5.74) is 4.42. The van der Waals surface area contributed by atoms with Crippen molar-refractivity contribution >= 4 is 28.3 Å². The van der Waals surface area contributed by atoms with Crippen molar-refractivity contribution in [2.45, 2.75) is 33.7 Å². The first kappa shape index (κ1) is 20.9. The van der Waals surface area contributed by atoms with Gasteiger partial charge in [-0.05, 0) is 57.5 Å². The van der Waals surface area contributed by atoms with Gasteiger partial charge in [0.05, 0.1) is 28.5 Å². The van der Waals surface area contributed by atoms with Gasteiger partial charge in [0.1, 0.15) is 10.7 Å². The molecule has 3 aromatic heterocycles. The first-order chi connectivity index (χ1) is 14.7. The van der Waals surface area contributed by atoms with Crippen LogP contribution >= 0.6 is 11.6 Å². The van der Waals surface area contributed by atoms with Crippen LogP contribution in [0.2, 0.25) is 5.15 Å². The van der Waals surface area contributed by atoms with Crippen LogP contribution in [-0.2, 0) is 0 Å². The lowest BCUT2D eigenvalue weighted by molar-refractivity contribution is 0.602. The molecule has 7 heteroatoms. The second kappa shape index (κ2) is 8.04. The second-order valence-electron chi connectivity index (χ2n) is 7.68. The fourth-order valence-electron chi connectivity index (χ4n) is 3.72. The van der Waals surface area contributed by atoms with Gasteiger partial charge in [-0.25, -0.2) is 4.98 Å². The molecule has 0 radical (unpaired) electrons. The first-order valence-electron chi connectivity index (χ1n) is 9.92. The van der Waals surface area contributed by atoms with E-state index in [0.29, 0.717) is 33.1 Å². The molecule has 0 saturated carbocycles. The monoisotopic (exact) mass is 435 g/mol. The highest BCUT2D eigenvalue weighted by Crippen LogP contribution is 2.31. The summed E-state index contributed by atoms with van der Waals surface area (Å²) in [6.45, 7) is 7.52. The number of nitrogens with zero attached hydrogens (tertiary/aromatic N) is 1. The standard InChI is InChI=1S/C24H22ClN3O3/c1-12-10-16(14(3)26-18-8-9-20(25)27-15(18)4)24-17(11-12)22(30)13(2)23(31-24)19-6-5-7-21(29)28-19/h5-11,14,26H,1-4H3,(H,28,29). The number of hydrogen-bond acceptors (Lipinski definition) is 5. The number of rotatable bonds is 4. The third-order valence-electron chi connectivity index (χ3n) is 5.30. The van der Waals surface area contributed by atoms with Gasteiger partial charge in [0.25, 0.3) is 0 Å². The van der Waals surface area contributed by atoms with Crippen LogP contribution in [0.1, 0.15) is 35.3 Å². The van der Waals surface area contributed by atoms with Crippen LogP contribution in [0, 0.1) is 20.8 Å². The Morgan fingerprint density at radius 3 is 2.58 bits per heavy atom. The van der Waals surface area contributed by atoms with Gasteiger partial charge in [-0.2, -0.15) is 0 Å². The number of fused-ring (bicyclic) bond motifs is 1. The molecule has 0 spiro atoms. The Hall–Kier alpha value is -3.38. The Kier molecular flexibility index (Phi) is 5.41. The van der Waals surface area contributed by atoms with Gasteiger partial charge in [0.15, 0.2) is 11.2 Å². The molecule has 1 atom stereocenters. The largest absolute Gasteiger partial charge is 0.454 e. The Labute approximate surface area is 183 Å². The van der Waals surface area contributed by atoms with Crippen molar-refractivity contribution < 1.29 is 4.42 Å². The van der Waals surface area contributed by atoms with Gasteiger partial charge in [-0.15, -0.1) is 0 Å². The predicted molar refractivity (Wildman–Crippen MR) is 124 cm³/mol. The zero-order valence-corrected chi connectivity index (χ0v) is 18.4. The van der Waals surface area contributed by atoms with Gasteiger partial charge in [-0.3, -0.25) is 9.59 Å². The molecule has 3 heterocycles. The summed E-state index contributed by atoms with van der Waals surface area (Å²) in [5.74, 6) is 0.358. The first-order valence-corrected chi connectivity index (χ1v) is 10.3. The number of hydrogen-bond donors (Lipinski definition) is 2. The number of H-pyrrole nitrogens is 1. The summed E-state index contributed by atoms with van der Waals surface area (Å²) in [6.07, 6.45) is 0. The molecule has 0 aliphatic heterocycles.